The second-order valence-corrected chi connectivity index (χ2v) is 10.5. The summed E-state index contributed by atoms with van der Waals surface area (Å²) >= 11 is 1.31. The second kappa shape index (κ2) is 8.37. The largest absolute Gasteiger partial charge is 0.335 e. The summed E-state index contributed by atoms with van der Waals surface area (Å²) in [6, 6.07) is 5.45. The highest BCUT2D eigenvalue weighted by molar-refractivity contribution is 7.88. The Morgan fingerprint density at radius 1 is 1.24 bits per heavy atom. The molecule has 2 aliphatic rings. The minimum atomic E-state index is -3.53. The number of urea groups is 1. The van der Waals surface area contributed by atoms with Crippen LogP contribution in [0.2, 0.25) is 0 Å². The molecule has 0 unspecified atom stereocenters. The molecule has 10 heteroatoms. The molecule has 2 N–H and O–H groups in total. The molecule has 2 amide bonds. The van der Waals surface area contributed by atoms with E-state index in [2.05, 4.69) is 15.6 Å². The number of carbonyl (C=O) groups is 1. The molecule has 1 aliphatic carbocycles. The summed E-state index contributed by atoms with van der Waals surface area (Å²) in [6.07, 6.45) is 4.78. The summed E-state index contributed by atoms with van der Waals surface area (Å²) in [5.41, 5.74) is 1.38. The number of halogens is 1. The van der Waals surface area contributed by atoms with Crippen LogP contribution in [0.5, 0.6) is 0 Å². The fourth-order valence-corrected chi connectivity index (χ4v) is 6.33. The van der Waals surface area contributed by atoms with Crippen molar-refractivity contribution in [1.29, 1.82) is 0 Å². The fraction of sp³-hybridized carbons (Fsp3) is 0.474. The average Bonchev–Trinajstić information content (AvgIpc) is 3.31. The number of nitrogens with one attached hydrogen (secondary N) is 2. The lowest BCUT2D eigenvalue weighted by atomic mass is 10.2. The molecule has 1 aliphatic heterocycles. The third-order valence-electron chi connectivity index (χ3n) is 5.26. The van der Waals surface area contributed by atoms with Gasteiger partial charge in [-0.1, -0.05) is 36.3 Å². The van der Waals surface area contributed by atoms with Gasteiger partial charge < -0.3 is 5.32 Å². The van der Waals surface area contributed by atoms with E-state index in [0.29, 0.717) is 23.7 Å². The maximum absolute atomic E-state index is 13.0. The van der Waals surface area contributed by atoms with Crippen molar-refractivity contribution in [2.24, 2.45) is 0 Å². The van der Waals surface area contributed by atoms with Crippen LogP contribution < -0.4 is 10.6 Å². The number of amides is 2. The number of fused-ring (bicyclic) bond motifs is 1. The van der Waals surface area contributed by atoms with E-state index in [-0.39, 0.29) is 24.4 Å². The Hall–Kier alpha value is -2.04. The number of hydrogen-bond acceptors (Lipinski definition) is 5. The number of rotatable bonds is 5. The van der Waals surface area contributed by atoms with Gasteiger partial charge in [-0.25, -0.2) is 22.6 Å². The van der Waals surface area contributed by atoms with Crippen LogP contribution in [0.1, 0.15) is 41.8 Å². The highest BCUT2D eigenvalue weighted by Gasteiger charge is 2.29. The van der Waals surface area contributed by atoms with Crippen LogP contribution in [-0.2, 0) is 28.7 Å². The zero-order valence-corrected chi connectivity index (χ0v) is 17.5. The summed E-state index contributed by atoms with van der Waals surface area (Å²) < 4.78 is 40.0. The molecule has 0 bridgehead atoms. The number of aromatic nitrogens is 1. The molecule has 2 aromatic rings. The summed E-state index contributed by atoms with van der Waals surface area (Å²) in [5.74, 6) is -0.563. The zero-order valence-electron chi connectivity index (χ0n) is 15.9. The van der Waals surface area contributed by atoms with Crippen molar-refractivity contribution in [1.82, 2.24) is 14.6 Å². The first-order valence-electron chi connectivity index (χ1n) is 9.67. The van der Waals surface area contributed by atoms with Crippen molar-refractivity contribution in [3.8, 4) is 0 Å². The molecule has 0 radical (unpaired) electrons. The smallest absolute Gasteiger partial charge is 0.321 e. The van der Waals surface area contributed by atoms with Crippen LogP contribution in [0, 0.1) is 5.82 Å². The molecule has 1 aromatic heterocycles. The van der Waals surface area contributed by atoms with Crippen molar-refractivity contribution >= 4 is 32.5 Å². The van der Waals surface area contributed by atoms with Gasteiger partial charge in [0.05, 0.1) is 11.4 Å². The van der Waals surface area contributed by atoms with Gasteiger partial charge in [-0.3, -0.25) is 5.32 Å². The summed E-state index contributed by atoms with van der Waals surface area (Å²) in [5, 5.41) is 6.22. The van der Waals surface area contributed by atoms with Gasteiger partial charge in [-0.05, 0) is 30.5 Å². The van der Waals surface area contributed by atoms with Crippen molar-refractivity contribution in [3.05, 3.63) is 46.2 Å². The standard InChI is InChI=1S/C19H23FN4O3S2/c20-14-7-5-13(6-8-14)12-29(26,27)24-10-9-16-17(11-24)28-19(22-16)23-18(25)21-15-3-1-2-4-15/h5-8,15H,1-4,9-12H2,(H2,21,22,23,25). The fourth-order valence-electron chi connectivity index (χ4n) is 3.73. The van der Waals surface area contributed by atoms with Crippen molar-refractivity contribution < 1.29 is 17.6 Å². The molecule has 0 saturated heterocycles. The van der Waals surface area contributed by atoms with Gasteiger partial charge in [0.2, 0.25) is 10.0 Å². The number of sulfonamides is 1. The molecule has 1 aromatic carbocycles. The third-order valence-corrected chi connectivity index (χ3v) is 8.06. The molecule has 1 saturated carbocycles. The predicted octanol–water partition coefficient (Wildman–Crippen LogP) is 3.23. The minimum Gasteiger partial charge on any atom is -0.335 e. The van der Waals surface area contributed by atoms with E-state index >= 15 is 0 Å². The highest BCUT2D eigenvalue weighted by atomic mass is 32.2. The van der Waals surface area contributed by atoms with Crippen molar-refractivity contribution in [2.45, 2.75) is 50.4 Å². The van der Waals surface area contributed by atoms with Crippen molar-refractivity contribution in [3.63, 3.8) is 0 Å². The third kappa shape index (κ3) is 4.93. The normalized spacial score (nSPS) is 17.8. The van der Waals surface area contributed by atoms with Crippen LogP contribution in [0.15, 0.2) is 24.3 Å². The first kappa shape index (κ1) is 20.2. The maximum Gasteiger partial charge on any atom is 0.321 e. The molecular weight excluding hydrogens is 415 g/mol. The number of hydrogen-bond donors (Lipinski definition) is 2. The number of nitrogens with zero attached hydrogens (tertiary/aromatic N) is 2. The molecule has 1 fully saturated rings. The van der Waals surface area contributed by atoms with Crippen LogP contribution in [0.4, 0.5) is 14.3 Å². The summed E-state index contributed by atoms with van der Waals surface area (Å²) in [6.45, 7) is 0.580. The predicted molar refractivity (Wildman–Crippen MR) is 110 cm³/mol. The van der Waals surface area contributed by atoms with E-state index in [1.165, 1.54) is 39.9 Å². The zero-order chi connectivity index (χ0) is 20.4. The Morgan fingerprint density at radius 3 is 2.69 bits per heavy atom. The van der Waals surface area contributed by atoms with E-state index in [1.807, 2.05) is 0 Å². The van der Waals surface area contributed by atoms with E-state index in [9.17, 15) is 17.6 Å². The van der Waals surface area contributed by atoms with Crippen LogP contribution in [0.3, 0.4) is 0 Å². The Kier molecular flexibility index (Phi) is 5.84. The molecule has 0 atom stereocenters. The molecule has 4 rings (SSSR count). The number of thiazole rings is 1. The number of benzene rings is 1. The van der Waals surface area contributed by atoms with E-state index in [4.69, 9.17) is 0 Å². The van der Waals surface area contributed by atoms with Crippen LogP contribution in [-0.4, -0.2) is 36.3 Å². The lowest BCUT2D eigenvalue weighted by Gasteiger charge is -2.25. The van der Waals surface area contributed by atoms with Crippen LogP contribution >= 0.6 is 11.3 Å². The van der Waals surface area contributed by atoms with Gasteiger partial charge in [-0.2, -0.15) is 4.31 Å². The first-order chi connectivity index (χ1) is 13.9. The molecule has 29 heavy (non-hydrogen) atoms. The van der Waals surface area contributed by atoms with E-state index < -0.39 is 15.8 Å². The highest BCUT2D eigenvalue weighted by Crippen LogP contribution is 2.30. The van der Waals surface area contributed by atoms with Gasteiger partial charge in [0.25, 0.3) is 0 Å². The first-order valence-corrected chi connectivity index (χ1v) is 12.1. The maximum atomic E-state index is 13.0. The molecular formula is C19H23FN4O3S2. The Bertz CT molecular complexity index is 985. The van der Waals surface area contributed by atoms with Gasteiger partial charge in [0, 0.05) is 30.4 Å². The van der Waals surface area contributed by atoms with Crippen LogP contribution in [0.25, 0.3) is 0 Å². The molecule has 156 valence electrons. The lowest BCUT2D eigenvalue weighted by molar-refractivity contribution is 0.248. The topological polar surface area (TPSA) is 91.4 Å². The molecule has 0 spiro atoms. The second-order valence-electron chi connectivity index (χ2n) is 7.43. The summed E-state index contributed by atoms with van der Waals surface area (Å²) in [4.78, 5) is 17.4. The van der Waals surface area contributed by atoms with E-state index in [0.717, 1.165) is 36.3 Å². The Labute approximate surface area is 173 Å². The lowest BCUT2D eigenvalue weighted by Crippen LogP contribution is -2.36. The quantitative estimate of drug-likeness (QED) is 0.750. The summed E-state index contributed by atoms with van der Waals surface area (Å²) in [7, 11) is -3.53. The van der Waals surface area contributed by atoms with Gasteiger partial charge in [0.15, 0.2) is 5.13 Å². The number of carbonyl (C=O) groups excluding carboxylic acids is 1. The minimum absolute atomic E-state index is 0.170. The van der Waals surface area contributed by atoms with Gasteiger partial charge in [-0.15, -0.1) is 0 Å². The monoisotopic (exact) mass is 438 g/mol. The number of anilines is 1. The van der Waals surface area contributed by atoms with Gasteiger partial charge >= 0.3 is 6.03 Å². The van der Waals surface area contributed by atoms with E-state index in [1.54, 1.807) is 0 Å². The molecule has 2 heterocycles. The Balaban J connectivity index is 1.39. The molecule has 7 nitrogen and oxygen atoms in total. The average molecular weight is 439 g/mol. The Morgan fingerprint density at radius 2 is 1.97 bits per heavy atom. The van der Waals surface area contributed by atoms with Gasteiger partial charge in [0.1, 0.15) is 5.82 Å². The van der Waals surface area contributed by atoms with Crippen molar-refractivity contribution in [2.75, 3.05) is 11.9 Å². The SMILES string of the molecule is O=C(Nc1nc2c(s1)CN(S(=O)(=O)Cc1ccc(F)cc1)CC2)NC1CCCC1.